The van der Waals surface area contributed by atoms with Crippen LogP contribution in [0.4, 0.5) is 22.0 Å². The standard InChI is InChI=1S/C11H4ClF5O3S/c12-6-3-5-1-2-8(10(14)9(5)7(13)4-6)20-21(18,19)11(15,16)17/h1-4H. The van der Waals surface area contributed by atoms with E-state index in [0.29, 0.717) is 6.07 Å². The Morgan fingerprint density at radius 1 is 1.10 bits per heavy atom. The SMILES string of the molecule is O=S(=O)(Oc1ccc2cc(Cl)cc(F)c2c1F)C(F)(F)F. The van der Waals surface area contributed by atoms with Crippen LogP contribution in [0, 0.1) is 11.6 Å². The van der Waals surface area contributed by atoms with Gasteiger partial charge in [-0.25, -0.2) is 8.78 Å². The smallest absolute Gasteiger partial charge is 0.373 e. The van der Waals surface area contributed by atoms with Crippen molar-refractivity contribution in [1.82, 2.24) is 0 Å². The Morgan fingerprint density at radius 2 is 1.71 bits per heavy atom. The molecule has 0 aliphatic heterocycles. The summed E-state index contributed by atoms with van der Waals surface area (Å²) in [7, 11) is -6.05. The summed E-state index contributed by atoms with van der Waals surface area (Å²) in [5, 5.41) is -0.848. The Labute approximate surface area is 120 Å². The number of hydrogen-bond donors (Lipinski definition) is 0. The highest BCUT2D eigenvalue weighted by molar-refractivity contribution is 7.88. The fraction of sp³-hybridized carbons (Fsp3) is 0.0909. The van der Waals surface area contributed by atoms with Crippen LogP contribution in [0.1, 0.15) is 0 Å². The van der Waals surface area contributed by atoms with E-state index in [-0.39, 0.29) is 10.4 Å². The van der Waals surface area contributed by atoms with Crippen molar-refractivity contribution < 1.29 is 34.6 Å². The highest BCUT2D eigenvalue weighted by Gasteiger charge is 2.49. The monoisotopic (exact) mass is 346 g/mol. The summed E-state index contributed by atoms with van der Waals surface area (Å²) in [5.41, 5.74) is -5.73. The van der Waals surface area contributed by atoms with Gasteiger partial charge in [-0.15, -0.1) is 0 Å². The van der Waals surface area contributed by atoms with Gasteiger partial charge in [0.25, 0.3) is 0 Å². The molecular formula is C11H4ClF5O3S. The second kappa shape index (κ2) is 4.99. The molecule has 2 rings (SSSR count). The van der Waals surface area contributed by atoms with Gasteiger partial charge in [0.2, 0.25) is 0 Å². The molecular weight excluding hydrogens is 343 g/mol. The van der Waals surface area contributed by atoms with Gasteiger partial charge in [0.1, 0.15) is 5.82 Å². The minimum absolute atomic E-state index is 0.0593. The van der Waals surface area contributed by atoms with Crippen LogP contribution in [0.2, 0.25) is 5.02 Å². The lowest BCUT2D eigenvalue weighted by Gasteiger charge is -2.11. The highest BCUT2D eigenvalue weighted by Crippen LogP contribution is 2.33. The first-order valence-corrected chi connectivity index (χ1v) is 6.89. The zero-order valence-corrected chi connectivity index (χ0v) is 11.3. The molecule has 10 heteroatoms. The average Bonchev–Trinajstić information content (AvgIpc) is 2.30. The summed E-state index contributed by atoms with van der Waals surface area (Å²) in [4.78, 5) is 0. The predicted octanol–water partition coefficient (Wildman–Crippen LogP) is 4.00. The van der Waals surface area contributed by atoms with Gasteiger partial charge in [0, 0.05) is 5.02 Å². The second-order valence-corrected chi connectivity index (χ2v) is 5.82. The van der Waals surface area contributed by atoms with Crippen LogP contribution in [0.15, 0.2) is 24.3 Å². The first kappa shape index (κ1) is 15.8. The average molecular weight is 347 g/mol. The van der Waals surface area contributed by atoms with Crippen LogP contribution >= 0.6 is 11.6 Å². The van der Waals surface area contributed by atoms with Crippen LogP contribution < -0.4 is 4.18 Å². The lowest BCUT2D eigenvalue weighted by atomic mass is 10.1. The van der Waals surface area contributed by atoms with Gasteiger partial charge in [-0.1, -0.05) is 17.7 Å². The van der Waals surface area contributed by atoms with E-state index in [1.54, 1.807) is 0 Å². The zero-order valence-electron chi connectivity index (χ0n) is 9.71. The number of fused-ring (bicyclic) bond motifs is 1. The van der Waals surface area contributed by atoms with E-state index in [0.717, 1.165) is 18.2 Å². The number of benzene rings is 2. The van der Waals surface area contributed by atoms with Crippen LogP contribution in [0.3, 0.4) is 0 Å². The Bertz CT molecular complexity index is 817. The van der Waals surface area contributed by atoms with Gasteiger partial charge in [0.15, 0.2) is 11.6 Å². The molecule has 0 radical (unpaired) electrons. The molecule has 0 atom stereocenters. The van der Waals surface area contributed by atoms with Crippen molar-refractivity contribution in [1.29, 1.82) is 0 Å². The minimum Gasteiger partial charge on any atom is -0.373 e. The predicted molar refractivity (Wildman–Crippen MR) is 64.5 cm³/mol. The fourth-order valence-corrected chi connectivity index (χ4v) is 2.22. The number of hydrogen-bond acceptors (Lipinski definition) is 3. The highest BCUT2D eigenvalue weighted by atomic mass is 35.5. The van der Waals surface area contributed by atoms with E-state index in [9.17, 15) is 30.4 Å². The van der Waals surface area contributed by atoms with Crippen molar-refractivity contribution in [2.24, 2.45) is 0 Å². The molecule has 0 amide bonds. The largest absolute Gasteiger partial charge is 0.534 e. The Balaban J connectivity index is 2.61. The number of halogens is 6. The molecule has 21 heavy (non-hydrogen) atoms. The summed E-state index contributed by atoms with van der Waals surface area (Å²) < 4.78 is 89.4. The van der Waals surface area contributed by atoms with Gasteiger partial charge in [0.05, 0.1) is 5.39 Å². The maximum atomic E-state index is 13.9. The summed E-state index contributed by atoms with van der Waals surface area (Å²) in [5.74, 6) is -4.00. The molecule has 0 aliphatic carbocycles. The van der Waals surface area contributed by atoms with E-state index in [4.69, 9.17) is 11.6 Å². The van der Waals surface area contributed by atoms with E-state index < -0.39 is 38.4 Å². The molecule has 0 spiro atoms. The van der Waals surface area contributed by atoms with Crippen molar-refractivity contribution in [3.8, 4) is 5.75 Å². The first-order valence-electron chi connectivity index (χ1n) is 5.11. The second-order valence-electron chi connectivity index (χ2n) is 3.85. The van der Waals surface area contributed by atoms with Crippen molar-refractivity contribution in [3.63, 3.8) is 0 Å². The van der Waals surface area contributed by atoms with Crippen LogP contribution in [0.5, 0.6) is 5.75 Å². The molecule has 0 N–H and O–H groups in total. The Morgan fingerprint density at radius 3 is 2.29 bits per heavy atom. The Kier molecular flexibility index (Phi) is 3.75. The third-order valence-corrected chi connectivity index (χ3v) is 3.60. The molecule has 0 saturated carbocycles. The Hall–Kier alpha value is -1.61. The number of rotatable bonds is 2. The molecule has 2 aromatic carbocycles. The quantitative estimate of drug-likeness (QED) is 0.469. The molecule has 0 heterocycles. The van der Waals surface area contributed by atoms with Crippen molar-refractivity contribution in [2.45, 2.75) is 5.51 Å². The van der Waals surface area contributed by atoms with Gasteiger partial charge >= 0.3 is 15.6 Å². The molecule has 0 saturated heterocycles. The molecule has 0 aliphatic rings. The van der Waals surface area contributed by atoms with E-state index in [1.165, 1.54) is 0 Å². The molecule has 2 aromatic rings. The number of alkyl halides is 3. The van der Waals surface area contributed by atoms with Crippen LogP contribution in [-0.4, -0.2) is 13.9 Å². The third kappa shape index (κ3) is 2.88. The van der Waals surface area contributed by atoms with Crippen LogP contribution in [-0.2, 0) is 10.1 Å². The first-order chi connectivity index (χ1) is 9.53. The summed E-state index contributed by atoms with van der Waals surface area (Å²) in [6, 6.07) is 3.51. The van der Waals surface area contributed by atoms with Gasteiger partial charge in [-0.2, -0.15) is 21.6 Å². The third-order valence-electron chi connectivity index (χ3n) is 2.42. The molecule has 0 unspecified atom stereocenters. The van der Waals surface area contributed by atoms with E-state index in [2.05, 4.69) is 4.18 Å². The normalized spacial score (nSPS) is 12.7. The minimum atomic E-state index is -6.05. The molecule has 0 fully saturated rings. The molecule has 0 bridgehead atoms. The van der Waals surface area contributed by atoms with Gasteiger partial charge in [-0.05, 0) is 23.6 Å². The van der Waals surface area contributed by atoms with Gasteiger partial charge < -0.3 is 4.18 Å². The van der Waals surface area contributed by atoms with Crippen molar-refractivity contribution in [3.05, 3.63) is 40.9 Å². The van der Waals surface area contributed by atoms with Crippen molar-refractivity contribution in [2.75, 3.05) is 0 Å². The summed E-state index contributed by atoms with van der Waals surface area (Å²) in [6.07, 6.45) is 0. The lowest BCUT2D eigenvalue weighted by molar-refractivity contribution is -0.0500. The summed E-state index contributed by atoms with van der Waals surface area (Å²) in [6.45, 7) is 0. The molecule has 114 valence electrons. The van der Waals surface area contributed by atoms with Crippen LogP contribution in [0.25, 0.3) is 10.8 Å². The van der Waals surface area contributed by atoms with Crippen molar-refractivity contribution >= 4 is 32.5 Å². The summed E-state index contributed by atoms with van der Waals surface area (Å²) >= 11 is 5.54. The molecule has 0 aromatic heterocycles. The zero-order chi connectivity index (χ0) is 16.0. The maximum Gasteiger partial charge on any atom is 0.534 e. The van der Waals surface area contributed by atoms with Gasteiger partial charge in [-0.3, -0.25) is 0 Å². The van der Waals surface area contributed by atoms with E-state index in [1.807, 2.05) is 0 Å². The lowest BCUT2D eigenvalue weighted by Crippen LogP contribution is -2.28. The topological polar surface area (TPSA) is 43.4 Å². The maximum absolute atomic E-state index is 13.9. The fourth-order valence-electron chi connectivity index (χ4n) is 1.55. The van der Waals surface area contributed by atoms with E-state index >= 15 is 0 Å². The molecule has 3 nitrogen and oxygen atoms in total.